The van der Waals surface area contributed by atoms with E-state index in [2.05, 4.69) is 10.6 Å². The Kier molecular flexibility index (Phi) is 7.23. The molecule has 3 aromatic carbocycles. The van der Waals surface area contributed by atoms with Crippen LogP contribution in [-0.2, 0) is 23.9 Å². The maximum Gasteiger partial charge on any atom is 0.306 e. The molecule has 0 unspecified atom stereocenters. The van der Waals surface area contributed by atoms with Crippen LogP contribution in [0.2, 0.25) is 0 Å². The highest BCUT2D eigenvalue weighted by molar-refractivity contribution is 7.99. The number of rotatable bonds is 6. The van der Waals surface area contributed by atoms with Crippen LogP contribution in [-0.4, -0.2) is 42.4 Å². The molecule has 0 aromatic heterocycles. The molecule has 3 atom stereocenters. The molecule has 0 radical (unpaired) electrons. The summed E-state index contributed by atoms with van der Waals surface area (Å²) in [5, 5.41) is 5.20. The van der Waals surface area contributed by atoms with Crippen molar-refractivity contribution < 1.29 is 23.9 Å². The second-order valence-corrected chi connectivity index (χ2v) is 9.94. The minimum absolute atomic E-state index is 0.158. The molecule has 2 N–H and O–H groups in total. The van der Waals surface area contributed by atoms with Crippen LogP contribution in [0.25, 0.3) is 0 Å². The van der Waals surface area contributed by atoms with Crippen molar-refractivity contribution in [3.05, 3.63) is 90.5 Å². The molecule has 2 aliphatic heterocycles. The number of cyclic esters (lactones) is 1. The van der Waals surface area contributed by atoms with Gasteiger partial charge < -0.3 is 20.3 Å². The quantitative estimate of drug-likeness (QED) is 0.485. The van der Waals surface area contributed by atoms with E-state index in [1.807, 2.05) is 66.7 Å². The lowest BCUT2D eigenvalue weighted by Gasteiger charge is -2.29. The molecular formula is C28H25N3O5S. The number of thioether (sulfide) groups is 1. The van der Waals surface area contributed by atoms with Crippen LogP contribution >= 0.6 is 11.8 Å². The van der Waals surface area contributed by atoms with Gasteiger partial charge >= 0.3 is 5.97 Å². The predicted molar refractivity (Wildman–Crippen MR) is 140 cm³/mol. The standard InChI is InChI=1S/C28H25N3O5S/c32-23(29-19-11-5-2-6-12-19)17-31-20-13-7-8-14-22(20)37-26(18-9-3-1-4-10-18)25(28(31)35)30-27(34)21-15-16-24(33)36-21/h1-14,21,25-26H,15-17H2,(H,29,32)(H,30,34)/t21-,25+,26+/m0/s1. The Morgan fingerprint density at radius 3 is 2.30 bits per heavy atom. The summed E-state index contributed by atoms with van der Waals surface area (Å²) in [4.78, 5) is 54.0. The Bertz CT molecular complexity index is 1320. The zero-order chi connectivity index (χ0) is 25.8. The van der Waals surface area contributed by atoms with Gasteiger partial charge in [0, 0.05) is 23.4 Å². The van der Waals surface area contributed by atoms with Crippen molar-refractivity contribution in [3.8, 4) is 0 Å². The number of hydrogen-bond donors (Lipinski definition) is 2. The molecule has 8 nitrogen and oxygen atoms in total. The van der Waals surface area contributed by atoms with Gasteiger partial charge in [0.1, 0.15) is 12.6 Å². The molecule has 3 amide bonds. The van der Waals surface area contributed by atoms with Crippen molar-refractivity contribution in [2.24, 2.45) is 0 Å². The van der Waals surface area contributed by atoms with Gasteiger partial charge in [-0.05, 0) is 29.8 Å². The number of carbonyl (C=O) groups excluding carboxylic acids is 4. The Morgan fingerprint density at radius 2 is 1.59 bits per heavy atom. The van der Waals surface area contributed by atoms with Crippen LogP contribution in [0.1, 0.15) is 23.7 Å². The van der Waals surface area contributed by atoms with E-state index in [1.165, 1.54) is 16.7 Å². The summed E-state index contributed by atoms with van der Waals surface area (Å²) < 4.78 is 5.14. The van der Waals surface area contributed by atoms with Crippen LogP contribution in [0.5, 0.6) is 0 Å². The number of hydrogen-bond acceptors (Lipinski definition) is 6. The van der Waals surface area contributed by atoms with E-state index in [4.69, 9.17) is 4.74 Å². The smallest absolute Gasteiger partial charge is 0.306 e. The molecule has 37 heavy (non-hydrogen) atoms. The number of ether oxygens (including phenoxy) is 1. The van der Waals surface area contributed by atoms with Gasteiger partial charge in [-0.25, -0.2) is 0 Å². The highest BCUT2D eigenvalue weighted by Gasteiger charge is 2.42. The number of esters is 1. The topological polar surface area (TPSA) is 105 Å². The molecule has 2 heterocycles. The molecule has 0 bridgehead atoms. The number of para-hydroxylation sites is 2. The second-order valence-electron chi connectivity index (χ2n) is 8.76. The molecule has 3 aromatic rings. The second kappa shape index (κ2) is 10.9. The molecule has 2 aliphatic rings. The average molecular weight is 516 g/mol. The van der Waals surface area contributed by atoms with Crippen LogP contribution in [0.4, 0.5) is 11.4 Å². The van der Waals surface area contributed by atoms with Crippen LogP contribution < -0.4 is 15.5 Å². The summed E-state index contributed by atoms with van der Waals surface area (Å²) in [7, 11) is 0. The summed E-state index contributed by atoms with van der Waals surface area (Å²) in [6.45, 7) is -0.238. The number of anilines is 2. The zero-order valence-corrected chi connectivity index (χ0v) is 20.6. The van der Waals surface area contributed by atoms with E-state index in [0.717, 1.165) is 10.5 Å². The molecule has 188 valence electrons. The lowest BCUT2D eigenvalue weighted by atomic mass is 10.0. The number of amides is 3. The predicted octanol–water partition coefficient (Wildman–Crippen LogP) is 3.70. The van der Waals surface area contributed by atoms with E-state index in [0.29, 0.717) is 11.4 Å². The fourth-order valence-electron chi connectivity index (χ4n) is 4.43. The monoisotopic (exact) mass is 515 g/mol. The third kappa shape index (κ3) is 5.51. The van der Waals surface area contributed by atoms with Crippen molar-refractivity contribution in [2.45, 2.75) is 35.1 Å². The SMILES string of the molecule is O=C(CN1C(=O)[C@H](NC(=O)[C@@H]2CCC(=O)O2)[C@@H](c2ccccc2)Sc2ccccc21)Nc1ccccc1. The normalized spacial score (nSPS) is 21.0. The number of benzene rings is 3. The van der Waals surface area contributed by atoms with Crippen LogP contribution in [0.15, 0.2) is 89.8 Å². The van der Waals surface area contributed by atoms with Gasteiger partial charge in [0.05, 0.1) is 10.9 Å². The van der Waals surface area contributed by atoms with Crippen molar-refractivity contribution in [1.82, 2.24) is 5.32 Å². The number of fused-ring (bicyclic) bond motifs is 1. The average Bonchev–Trinajstić information content (AvgIpc) is 3.32. The van der Waals surface area contributed by atoms with Crippen LogP contribution in [0, 0.1) is 0 Å². The van der Waals surface area contributed by atoms with Crippen molar-refractivity contribution in [2.75, 3.05) is 16.8 Å². The molecule has 5 rings (SSSR count). The Morgan fingerprint density at radius 1 is 0.919 bits per heavy atom. The number of carbonyl (C=O) groups is 4. The minimum atomic E-state index is -1.00. The maximum atomic E-state index is 14.1. The van der Waals surface area contributed by atoms with Crippen molar-refractivity contribution in [3.63, 3.8) is 0 Å². The highest BCUT2D eigenvalue weighted by atomic mass is 32.2. The third-order valence-corrected chi connectivity index (χ3v) is 7.60. The van der Waals surface area contributed by atoms with E-state index in [-0.39, 0.29) is 25.3 Å². The van der Waals surface area contributed by atoms with Crippen LogP contribution in [0.3, 0.4) is 0 Å². The van der Waals surface area contributed by atoms with Gasteiger partial charge in [0.2, 0.25) is 5.91 Å². The van der Waals surface area contributed by atoms with E-state index in [9.17, 15) is 19.2 Å². The first-order chi connectivity index (χ1) is 18.0. The molecule has 0 spiro atoms. The summed E-state index contributed by atoms with van der Waals surface area (Å²) in [6, 6.07) is 24.8. The fourth-order valence-corrected chi connectivity index (χ4v) is 5.77. The third-order valence-electron chi connectivity index (χ3n) is 6.21. The Balaban J connectivity index is 1.49. The largest absolute Gasteiger partial charge is 0.452 e. The first-order valence-corrected chi connectivity index (χ1v) is 12.8. The molecular weight excluding hydrogens is 490 g/mol. The summed E-state index contributed by atoms with van der Waals surface area (Å²) in [5.74, 6) is -1.75. The van der Waals surface area contributed by atoms with Gasteiger partial charge in [-0.2, -0.15) is 0 Å². The number of nitrogens with zero attached hydrogens (tertiary/aromatic N) is 1. The Hall–Kier alpha value is -4.11. The lowest BCUT2D eigenvalue weighted by Crippen LogP contribution is -2.53. The van der Waals surface area contributed by atoms with Gasteiger partial charge in [0.25, 0.3) is 11.8 Å². The lowest BCUT2D eigenvalue weighted by molar-refractivity contribution is -0.148. The van der Waals surface area contributed by atoms with Crippen molar-refractivity contribution in [1.29, 1.82) is 0 Å². The van der Waals surface area contributed by atoms with Gasteiger partial charge in [0.15, 0.2) is 6.10 Å². The fraction of sp³-hybridized carbons (Fsp3) is 0.214. The minimum Gasteiger partial charge on any atom is -0.452 e. The summed E-state index contributed by atoms with van der Waals surface area (Å²) in [5.41, 5.74) is 2.05. The van der Waals surface area contributed by atoms with Gasteiger partial charge in [-0.3, -0.25) is 19.2 Å². The van der Waals surface area contributed by atoms with Gasteiger partial charge in [-0.1, -0.05) is 60.7 Å². The Labute approximate surface area is 218 Å². The first-order valence-electron chi connectivity index (χ1n) is 12.0. The molecule has 0 saturated carbocycles. The molecule has 9 heteroatoms. The summed E-state index contributed by atoms with van der Waals surface area (Å²) >= 11 is 1.45. The van der Waals surface area contributed by atoms with E-state index < -0.39 is 35.2 Å². The number of nitrogens with one attached hydrogen (secondary N) is 2. The zero-order valence-electron chi connectivity index (χ0n) is 19.8. The highest BCUT2D eigenvalue weighted by Crippen LogP contribution is 2.45. The van der Waals surface area contributed by atoms with Crippen molar-refractivity contribution >= 4 is 46.8 Å². The summed E-state index contributed by atoms with van der Waals surface area (Å²) in [6.07, 6.45) is -0.523. The molecule has 1 fully saturated rings. The van der Waals surface area contributed by atoms with E-state index in [1.54, 1.807) is 18.2 Å². The van der Waals surface area contributed by atoms with E-state index >= 15 is 0 Å². The first kappa shape index (κ1) is 24.6. The maximum absolute atomic E-state index is 14.1. The molecule has 0 aliphatic carbocycles. The van der Waals surface area contributed by atoms with Gasteiger partial charge in [-0.15, -0.1) is 11.8 Å². The molecule has 1 saturated heterocycles.